The SMILES string of the molecule is CC(C)(C)C1=CC=C(N(c2ccc(C(C)(C)C)cc2)c2ccc3cc4c5cc(C(C)(C)C)cc6c7cc8ccc(N(c9ccc(C(C)(C)C)cc9)c9ccc(C(C)(C)C)cc9)cc8cc7n(c4cc3c2)c56)CC1. The molecule has 0 fully saturated rings. The van der Waals surface area contributed by atoms with Gasteiger partial charge in [-0.05, 0) is 187 Å². The molecule has 0 amide bonds. The van der Waals surface area contributed by atoms with Gasteiger partial charge in [-0.15, -0.1) is 0 Å². The molecule has 2 heterocycles. The van der Waals surface area contributed by atoms with E-state index in [0.717, 1.165) is 29.9 Å². The second-order valence-corrected chi connectivity index (χ2v) is 26.5. The number of aromatic nitrogens is 1. The largest absolute Gasteiger partial charge is 0.314 e. The molecule has 0 bridgehead atoms. The summed E-state index contributed by atoms with van der Waals surface area (Å²) in [6.45, 7) is 34.6. The Morgan fingerprint density at radius 1 is 0.315 bits per heavy atom. The Balaban J connectivity index is 1.11. The molecule has 0 atom stereocenters. The Kier molecular flexibility index (Phi) is 11.2. The molecule has 0 saturated heterocycles. The van der Waals surface area contributed by atoms with Crippen LogP contribution in [0.25, 0.3) is 59.6 Å². The zero-order chi connectivity index (χ0) is 51.7. The van der Waals surface area contributed by atoms with Gasteiger partial charge in [0, 0.05) is 55.7 Å². The molecular formula is C70H75N3. The molecule has 8 aromatic carbocycles. The van der Waals surface area contributed by atoms with Crippen LogP contribution in [-0.2, 0) is 21.7 Å². The van der Waals surface area contributed by atoms with Crippen LogP contribution < -0.4 is 9.80 Å². The number of benzene rings is 8. The molecule has 0 saturated carbocycles. The minimum absolute atomic E-state index is 0.0236. The van der Waals surface area contributed by atoms with Gasteiger partial charge in [-0.2, -0.15) is 0 Å². The van der Waals surface area contributed by atoms with E-state index in [4.69, 9.17) is 0 Å². The van der Waals surface area contributed by atoms with Crippen molar-refractivity contribution >= 4 is 88.1 Å². The van der Waals surface area contributed by atoms with Crippen molar-refractivity contribution in [3.05, 3.63) is 191 Å². The number of allylic oxidation sites excluding steroid dienone is 4. The molecule has 0 spiro atoms. The van der Waals surface area contributed by atoms with Gasteiger partial charge in [-0.1, -0.05) is 164 Å². The fourth-order valence-electron chi connectivity index (χ4n) is 11.4. The molecule has 2 aromatic heterocycles. The minimum atomic E-state index is -0.0236. The first-order valence-electron chi connectivity index (χ1n) is 26.8. The maximum atomic E-state index is 2.58. The Morgan fingerprint density at radius 2 is 0.699 bits per heavy atom. The van der Waals surface area contributed by atoms with Crippen molar-refractivity contribution in [2.75, 3.05) is 9.80 Å². The summed E-state index contributed by atoms with van der Waals surface area (Å²) in [5, 5.41) is 10.2. The highest BCUT2D eigenvalue weighted by molar-refractivity contribution is 6.26. The molecular weight excluding hydrogens is 883 g/mol. The van der Waals surface area contributed by atoms with Crippen molar-refractivity contribution in [3.63, 3.8) is 0 Å². The zero-order valence-electron chi connectivity index (χ0n) is 46.3. The lowest BCUT2D eigenvalue weighted by Crippen LogP contribution is -2.20. The third kappa shape index (κ3) is 8.67. The number of nitrogens with zero attached hydrogens (tertiary/aromatic N) is 3. The lowest BCUT2D eigenvalue weighted by molar-refractivity contribution is 0.479. The summed E-state index contributed by atoms with van der Waals surface area (Å²) in [4.78, 5) is 4.93. The second-order valence-electron chi connectivity index (χ2n) is 26.5. The van der Waals surface area contributed by atoms with Crippen molar-refractivity contribution in [2.24, 2.45) is 5.41 Å². The smallest absolute Gasteiger partial charge is 0.0620 e. The van der Waals surface area contributed by atoms with Crippen molar-refractivity contribution in [2.45, 2.75) is 138 Å². The third-order valence-corrected chi connectivity index (χ3v) is 16.0. The Hall–Kier alpha value is -6.84. The second kappa shape index (κ2) is 16.9. The zero-order valence-corrected chi connectivity index (χ0v) is 46.3. The van der Waals surface area contributed by atoms with E-state index in [9.17, 15) is 0 Å². The summed E-state index contributed by atoms with van der Waals surface area (Å²) in [7, 11) is 0. The molecule has 0 aliphatic heterocycles. The third-order valence-electron chi connectivity index (χ3n) is 16.0. The molecule has 0 unspecified atom stereocenters. The van der Waals surface area contributed by atoms with Gasteiger partial charge in [0.15, 0.2) is 0 Å². The van der Waals surface area contributed by atoms with Gasteiger partial charge < -0.3 is 14.2 Å². The van der Waals surface area contributed by atoms with Crippen molar-refractivity contribution in [1.29, 1.82) is 0 Å². The van der Waals surface area contributed by atoms with E-state index in [0.29, 0.717) is 0 Å². The van der Waals surface area contributed by atoms with Crippen molar-refractivity contribution in [3.8, 4) is 0 Å². The summed E-state index contributed by atoms with van der Waals surface area (Å²) < 4.78 is 2.58. The molecule has 0 N–H and O–H groups in total. The van der Waals surface area contributed by atoms with E-state index in [2.05, 4.69) is 276 Å². The average molecular weight is 958 g/mol. The van der Waals surface area contributed by atoms with Gasteiger partial charge in [-0.25, -0.2) is 0 Å². The first-order chi connectivity index (χ1) is 34.3. The number of fused-ring (bicyclic) bond motifs is 8. The van der Waals surface area contributed by atoms with E-state index in [1.54, 1.807) is 0 Å². The van der Waals surface area contributed by atoms with Crippen molar-refractivity contribution < 1.29 is 0 Å². The molecule has 10 aromatic rings. The van der Waals surface area contributed by atoms with Gasteiger partial charge in [0.05, 0.1) is 16.6 Å². The van der Waals surface area contributed by atoms with Crippen LogP contribution in [0.3, 0.4) is 0 Å². The monoisotopic (exact) mass is 958 g/mol. The fourth-order valence-corrected chi connectivity index (χ4v) is 11.4. The maximum Gasteiger partial charge on any atom is 0.0620 e. The average Bonchev–Trinajstić information content (AvgIpc) is 3.82. The van der Waals surface area contributed by atoms with Gasteiger partial charge in [0.1, 0.15) is 0 Å². The number of anilines is 5. The Morgan fingerprint density at radius 3 is 1.07 bits per heavy atom. The maximum absolute atomic E-state index is 2.58. The molecule has 370 valence electrons. The lowest BCUT2D eigenvalue weighted by Gasteiger charge is -2.33. The predicted molar refractivity (Wildman–Crippen MR) is 319 cm³/mol. The van der Waals surface area contributed by atoms with E-state index in [1.807, 2.05) is 0 Å². The minimum Gasteiger partial charge on any atom is -0.314 e. The van der Waals surface area contributed by atoms with Crippen LogP contribution >= 0.6 is 0 Å². The van der Waals surface area contributed by atoms with E-state index >= 15 is 0 Å². The normalized spacial score (nSPS) is 14.3. The highest BCUT2D eigenvalue weighted by Crippen LogP contribution is 2.47. The van der Waals surface area contributed by atoms with Crippen molar-refractivity contribution in [1.82, 2.24) is 4.40 Å². The summed E-state index contributed by atoms with van der Waals surface area (Å²) in [5.41, 5.74) is 18.1. The summed E-state index contributed by atoms with van der Waals surface area (Å²) >= 11 is 0. The van der Waals surface area contributed by atoms with Gasteiger partial charge in [0.2, 0.25) is 0 Å². The molecule has 11 rings (SSSR count). The van der Waals surface area contributed by atoms with E-state index in [-0.39, 0.29) is 27.1 Å². The molecule has 1 aliphatic carbocycles. The predicted octanol–water partition coefficient (Wildman–Crippen LogP) is 20.6. The molecule has 3 nitrogen and oxygen atoms in total. The van der Waals surface area contributed by atoms with Crippen LogP contribution in [0.2, 0.25) is 0 Å². The Labute approximate surface area is 435 Å². The van der Waals surface area contributed by atoms with Crippen LogP contribution in [0.15, 0.2) is 169 Å². The molecule has 73 heavy (non-hydrogen) atoms. The highest BCUT2D eigenvalue weighted by Gasteiger charge is 2.27. The summed E-state index contributed by atoms with van der Waals surface area (Å²) in [6, 6.07) is 56.6. The van der Waals surface area contributed by atoms with Crippen LogP contribution in [0.1, 0.15) is 139 Å². The van der Waals surface area contributed by atoms with Gasteiger partial charge in [-0.3, -0.25) is 0 Å². The van der Waals surface area contributed by atoms with Crippen LogP contribution in [0, 0.1) is 5.41 Å². The quantitative estimate of drug-likeness (QED) is 0.164. The van der Waals surface area contributed by atoms with Gasteiger partial charge >= 0.3 is 0 Å². The highest BCUT2D eigenvalue weighted by atomic mass is 15.2. The molecule has 0 radical (unpaired) electrons. The van der Waals surface area contributed by atoms with Crippen LogP contribution in [0.5, 0.6) is 0 Å². The lowest BCUT2D eigenvalue weighted by atomic mass is 9.81. The Bertz CT molecular complexity index is 3760. The first kappa shape index (κ1) is 48.4. The summed E-state index contributed by atoms with van der Waals surface area (Å²) in [6.07, 6.45) is 6.81. The summed E-state index contributed by atoms with van der Waals surface area (Å²) in [5.74, 6) is 0. The van der Waals surface area contributed by atoms with Crippen LogP contribution in [0.4, 0.5) is 28.4 Å². The molecule has 3 heteroatoms. The van der Waals surface area contributed by atoms with Crippen LogP contribution in [-0.4, -0.2) is 4.40 Å². The molecule has 1 aliphatic rings. The topological polar surface area (TPSA) is 10.9 Å². The van der Waals surface area contributed by atoms with E-state index in [1.165, 1.54) is 105 Å². The van der Waals surface area contributed by atoms with E-state index < -0.39 is 0 Å². The number of hydrogen-bond acceptors (Lipinski definition) is 2. The standard InChI is InChI=1S/C70H75N3/c1-66(2,3)48-18-28-53(29-19-48)71(54-30-20-49(21-31-54)67(4,5)6)57-26-16-44-38-59-61-42-52(70(13,14)15)43-62-60-39-45-17-27-58(37-47(45)41-64(60)73(65(61)62)63(59)40-46(44)36-57)72(55-32-22-50(23-33-55)68(7,8)9)56-34-24-51(25-35-56)69(10,11)12/h16-24,26-34,36-43H,25,35H2,1-15H3. The number of rotatable bonds is 6. The van der Waals surface area contributed by atoms with Gasteiger partial charge in [0.25, 0.3) is 0 Å². The fraction of sp³-hybridized carbons (Fsp3) is 0.314. The number of hydrogen-bond donors (Lipinski definition) is 0. The first-order valence-corrected chi connectivity index (χ1v) is 26.8.